The number of methoxy groups -OCH3 is 1. The van der Waals surface area contributed by atoms with Crippen LogP contribution in [0, 0.1) is 0 Å². The van der Waals surface area contributed by atoms with E-state index in [1.165, 1.54) is 5.56 Å². The number of nitrogens with one attached hydrogen (secondary N) is 1. The van der Waals surface area contributed by atoms with Gasteiger partial charge in [-0.2, -0.15) is 0 Å². The molecule has 23 heavy (non-hydrogen) atoms. The molecule has 1 fully saturated rings. The number of carbonyl (C=O) groups excluding carboxylic acids is 1. The number of anilines is 1. The molecule has 0 spiro atoms. The molecule has 4 heteroatoms. The molecule has 2 aromatic carbocycles. The van der Waals surface area contributed by atoms with E-state index in [2.05, 4.69) is 23.5 Å². The van der Waals surface area contributed by atoms with Crippen molar-refractivity contribution in [1.29, 1.82) is 0 Å². The third-order valence-corrected chi connectivity index (χ3v) is 4.16. The van der Waals surface area contributed by atoms with Gasteiger partial charge in [0.05, 0.1) is 7.11 Å². The van der Waals surface area contributed by atoms with Crippen LogP contribution in [0.15, 0.2) is 48.5 Å². The molecule has 3 rings (SSSR count). The first-order valence-corrected chi connectivity index (χ1v) is 8.00. The first kappa shape index (κ1) is 15.6. The summed E-state index contributed by atoms with van der Waals surface area (Å²) in [7, 11) is 1.69. The Morgan fingerprint density at radius 3 is 2.57 bits per heavy atom. The van der Waals surface area contributed by atoms with E-state index in [4.69, 9.17) is 4.74 Å². The Morgan fingerprint density at radius 2 is 1.87 bits per heavy atom. The van der Waals surface area contributed by atoms with Crippen LogP contribution in [0.25, 0.3) is 0 Å². The second-order valence-corrected chi connectivity index (χ2v) is 5.73. The molecule has 1 aliphatic rings. The zero-order valence-corrected chi connectivity index (χ0v) is 13.4. The van der Waals surface area contributed by atoms with Gasteiger partial charge in [-0.05, 0) is 30.2 Å². The van der Waals surface area contributed by atoms with Crippen LogP contribution < -0.4 is 15.0 Å². The quantitative estimate of drug-likeness (QED) is 0.891. The van der Waals surface area contributed by atoms with Crippen LogP contribution in [0.4, 0.5) is 5.69 Å². The highest BCUT2D eigenvalue weighted by molar-refractivity contribution is 5.95. The second kappa shape index (κ2) is 7.29. The molecule has 0 aliphatic carbocycles. The van der Waals surface area contributed by atoms with Crippen molar-refractivity contribution in [3.63, 3.8) is 0 Å². The maximum atomic E-state index is 11.8. The normalized spacial score (nSPS) is 14.3. The molecule has 2 aromatic rings. The maximum Gasteiger partial charge on any atom is 0.227 e. The summed E-state index contributed by atoms with van der Waals surface area (Å²) in [4.78, 5) is 13.6. The lowest BCUT2D eigenvalue weighted by Crippen LogP contribution is -2.23. The lowest BCUT2D eigenvalue weighted by atomic mass is 10.1. The van der Waals surface area contributed by atoms with Crippen LogP contribution in [0.5, 0.6) is 5.75 Å². The zero-order chi connectivity index (χ0) is 16.1. The molecule has 1 saturated heterocycles. The number of nitrogens with zero attached hydrogens (tertiary/aromatic N) is 1. The highest BCUT2D eigenvalue weighted by Crippen LogP contribution is 2.22. The van der Waals surface area contributed by atoms with Gasteiger partial charge >= 0.3 is 0 Å². The molecule has 0 saturated carbocycles. The summed E-state index contributed by atoms with van der Waals surface area (Å²) in [6.07, 6.45) is 1.63. The molecule has 1 heterocycles. The molecule has 0 atom stereocenters. The molecular formula is C19H22N2O2. The number of hydrogen-bond donors (Lipinski definition) is 1. The first-order valence-electron chi connectivity index (χ1n) is 8.00. The first-order chi connectivity index (χ1) is 11.3. The fraction of sp³-hybridized carbons (Fsp3) is 0.316. The van der Waals surface area contributed by atoms with E-state index in [0.717, 1.165) is 43.1 Å². The number of amides is 1. The number of hydrogen-bond acceptors (Lipinski definition) is 3. The van der Waals surface area contributed by atoms with Crippen molar-refractivity contribution in [3.05, 3.63) is 59.7 Å². The van der Waals surface area contributed by atoms with Crippen LogP contribution in [-0.4, -0.2) is 19.6 Å². The van der Waals surface area contributed by atoms with Crippen LogP contribution in [0.1, 0.15) is 24.0 Å². The largest absolute Gasteiger partial charge is 0.496 e. The molecule has 4 nitrogen and oxygen atoms in total. The van der Waals surface area contributed by atoms with Crippen LogP contribution >= 0.6 is 0 Å². The van der Waals surface area contributed by atoms with Crippen LogP contribution in [0.3, 0.4) is 0 Å². The summed E-state index contributed by atoms with van der Waals surface area (Å²) >= 11 is 0. The summed E-state index contributed by atoms with van der Waals surface area (Å²) < 4.78 is 5.35. The van der Waals surface area contributed by atoms with Crippen molar-refractivity contribution in [2.75, 3.05) is 18.6 Å². The SMILES string of the molecule is COc1ccccc1CNCc1ccc(N2CCCC2=O)cc1. The van der Waals surface area contributed by atoms with Crippen LogP contribution in [-0.2, 0) is 17.9 Å². The van der Waals surface area contributed by atoms with Crippen molar-refractivity contribution >= 4 is 11.6 Å². The van der Waals surface area contributed by atoms with Gasteiger partial charge in [-0.25, -0.2) is 0 Å². The molecule has 1 amide bonds. The summed E-state index contributed by atoms with van der Waals surface area (Å²) in [5, 5.41) is 3.43. The average Bonchev–Trinajstić information content (AvgIpc) is 3.02. The minimum atomic E-state index is 0.229. The minimum absolute atomic E-state index is 0.229. The van der Waals surface area contributed by atoms with Gasteiger partial charge in [0.2, 0.25) is 5.91 Å². The molecule has 0 unspecified atom stereocenters. The van der Waals surface area contributed by atoms with E-state index in [-0.39, 0.29) is 5.91 Å². The average molecular weight is 310 g/mol. The summed E-state index contributed by atoms with van der Waals surface area (Å²) in [5.74, 6) is 1.13. The highest BCUT2D eigenvalue weighted by atomic mass is 16.5. The predicted octanol–water partition coefficient (Wildman–Crippen LogP) is 3.11. The molecule has 0 radical (unpaired) electrons. The Labute approximate surface area is 137 Å². The van der Waals surface area contributed by atoms with Gasteiger partial charge in [0.15, 0.2) is 0 Å². The minimum Gasteiger partial charge on any atom is -0.496 e. The molecule has 1 N–H and O–H groups in total. The van der Waals surface area contributed by atoms with Gasteiger partial charge in [0, 0.05) is 37.3 Å². The highest BCUT2D eigenvalue weighted by Gasteiger charge is 2.21. The predicted molar refractivity (Wildman–Crippen MR) is 91.6 cm³/mol. The van der Waals surface area contributed by atoms with E-state index >= 15 is 0 Å². The fourth-order valence-corrected chi connectivity index (χ4v) is 2.91. The third kappa shape index (κ3) is 3.71. The molecule has 0 aromatic heterocycles. The lowest BCUT2D eigenvalue weighted by Gasteiger charge is -2.16. The number of para-hydroxylation sites is 1. The monoisotopic (exact) mass is 310 g/mol. The summed E-state index contributed by atoms with van der Waals surface area (Å²) in [6, 6.07) is 16.2. The molecule has 0 bridgehead atoms. The smallest absolute Gasteiger partial charge is 0.227 e. The van der Waals surface area contributed by atoms with E-state index in [1.807, 2.05) is 35.2 Å². The van der Waals surface area contributed by atoms with E-state index in [1.54, 1.807) is 7.11 Å². The van der Waals surface area contributed by atoms with Gasteiger partial charge in [0.1, 0.15) is 5.75 Å². The van der Waals surface area contributed by atoms with Crippen molar-refractivity contribution in [2.24, 2.45) is 0 Å². The molecular weight excluding hydrogens is 288 g/mol. The fourth-order valence-electron chi connectivity index (χ4n) is 2.91. The Balaban J connectivity index is 1.55. The van der Waals surface area contributed by atoms with Crippen molar-refractivity contribution in [1.82, 2.24) is 5.32 Å². The lowest BCUT2D eigenvalue weighted by molar-refractivity contribution is -0.117. The van der Waals surface area contributed by atoms with Gasteiger partial charge in [-0.3, -0.25) is 4.79 Å². The Hall–Kier alpha value is -2.33. The number of benzene rings is 2. The van der Waals surface area contributed by atoms with Gasteiger partial charge in [-0.1, -0.05) is 30.3 Å². The maximum absolute atomic E-state index is 11.8. The third-order valence-electron chi connectivity index (χ3n) is 4.16. The van der Waals surface area contributed by atoms with Crippen molar-refractivity contribution in [3.8, 4) is 5.75 Å². The Bertz CT molecular complexity index is 667. The summed E-state index contributed by atoms with van der Waals surface area (Å²) in [5.41, 5.74) is 3.35. The number of ether oxygens (including phenoxy) is 1. The molecule has 120 valence electrons. The second-order valence-electron chi connectivity index (χ2n) is 5.73. The van der Waals surface area contributed by atoms with Crippen molar-refractivity contribution in [2.45, 2.75) is 25.9 Å². The van der Waals surface area contributed by atoms with E-state index in [9.17, 15) is 4.79 Å². The Kier molecular flexibility index (Phi) is 4.93. The topological polar surface area (TPSA) is 41.6 Å². The van der Waals surface area contributed by atoms with Gasteiger partial charge < -0.3 is 15.0 Å². The number of carbonyl (C=O) groups is 1. The van der Waals surface area contributed by atoms with Gasteiger partial charge in [-0.15, -0.1) is 0 Å². The number of rotatable bonds is 6. The summed E-state index contributed by atoms with van der Waals surface area (Å²) in [6.45, 7) is 2.38. The van der Waals surface area contributed by atoms with Crippen LogP contribution in [0.2, 0.25) is 0 Å². The zero-order valence-electron chi connectivity index (χ0n) is 13.4. The van der Waals surface area contributed by atoms with E-state index < -0.39 is 0 Å². The van der Waals surface area contributed by atoms with Crippen molar-refractivity contribution < 1.29 is 9.53 Å². The standard InChI is InChI=1S/C19H22N2O2/c1-23-18-6-3-2-5-16(18)14-20-13-15-8-10-17(11-9-15)21-12-4-7-19(21)22/h2-3,5-6,8-11,20H,4,7,12-14H2,1H3. The molecule has 1 aliphatic heterocycles. The Morgan fingerprint density at radius 1 is 1.09 bits per heavy atom. The van der Waals surface area contributed by atoms with E-state index in [0.29, 0.717) is 6.42 Å². The van der Waals surface area contributed by atoms with Gasteiger partial charge in [0.25, 0.3) is 0 Å².